The Morgan fingerprint density at radius 3 is 2.68 bits per heavy atom. The van der Waals surface area contributed by atoms with Crippen molar-refractivity contribution >= 4 is 11.9 Å². The summed E-state index contributed by atoms with van der Waals surface area (Å²) in [5, 5.41) is 0. The number of fused-ring (bicyclic) bond motifs is 1. The van der Waals surface area contributed by atoms with E-state index in [0.717, 1.165) is 16.8 Å². The van der Waals surface area contributed by atoms with Crippen LogP contribution in [0.25, 0.3) is 0 Å². The van der Waals surface area contributed by atoms with Gasteiger partial charge in [-0.15, -0.1) is 0 Å². The summed E-state index contributed by atoms with van der Waals surface area (Å²) in [7, 11) is 0. The van der Waals surface area contributed by atoms with Crippen molar-refractivity contribution in [1.29, 1.82) is 0 Å². The highest BCUT2D eigenvalue weighted by molar-refractivity contribution is 5.95. The van der Waals surface area contributed by atoms with E-state index in [1.54, 1.807) is 42.4 Å². The number of carbonyl (C=O) groups is 2. The largest absolute Gasteiger partial charge is 0.467 e. The molecule has 0 saturated carbocycles. The van der Waals surface area contributed by atoms with Crippen molar-refractivity contribution in [2.45, 2.75) is 33.9 Å². The fourth-order valence-electron chi connectivity index (χ4n) is 3.63. The normalized spacial score (nSPS) is 12.1. The molecular weight excluding hydrogens is 400 g/mol. The summed E-state index contributed by atoms with van der Waals surface area (Å²) < 4.78 is 21.4. The number of benzene rings is 1. The number of amides is 1. The Balaban J connectivity index is 1.65. The molecule has 1 amide bonds. The smallest absolute Gasteiger partial charge is 0.355 e. The molecule has 1 N–H and O–H groups in total. The first kappa shape index (κ1) is 20.6. The molecule has 0 atom stereocenters. The van der Waals surface area contributed by atoms with E-state index in [-0.39, 0.29) is 19.2 Å². The van der Waals surface area contributed by atoms with E-state index >= 15 is 0 Å². The number of aryl methyl sites for hydroxylation is 1. The molecule has 8 heteroatoms. The number of carbonyl (C=O) groups excluding carboxylic acids is 2. The summed E-state index contributed by atoms with van der Waals surface area (Å²) in [4.78, 5) is 30.5. The first-order valence-corrected chi connectivity index (χ1v) is 10.0. The van der Waals surface area contributed by atoms with Crippen molar-refractivity contribution in [3.63, 3.8) is 0 Å². The van der Waals surface area contributed by atoms with E-state index in [2.05, 4.69) is 4.98 Å². The lowest BCUT2D eigenvalue weighted by Crippen LogP contribution is -2.30. The van der Waals surface area contributed by atoms with Crippen LogP contribution in [0.3, 0.4) is 0 Å². The van der Waals surface area contributed by atoms with Gasteiger partial charge < -0.3 is 28.5 Å². The quantitative estimate of drug-likeness (QED) is 0.577. The average Bonchev–Trinajstić information content (AvgIpc) is 3.49. The molecule has 4 rings (SSSR count). The lowest BCUT2D eigenvalue weighted by molar-refractivity contribution is 0.0519. The minimum absolute atomic E-state index is 0.140. The van der Waals surface area contributed by atoms with Gasteiger partial charge >= 0.3 is 5.97 Å². The number of aromatic amines is 1. The minimum Gasteiger partial charge on any atom is -0.467 e. The van der Waals surface area contributed by atoms with Crippen LogP contribution in [0, 0.1) is 13.8 Å². The van der Waals surface area contributed by atoms with E-state index in [9.17, 15) is 9.59 Å². The Kier molecular flexibility index (Phi) is 5.70. The Morgan fingerprint density at radius 2 is 1.94 bits per heavy atom. The molecule has 31 heavy (non-hydrogen) atoms. The van der Waals surface area contributed by atoms with E-state index in [4.69, 9.17) is 18.6 Å². The molecule has 0 aliphatic carbocycles. The van der Waals surface area contributed by atoms with Crippen LogP contribution < -0.4 is 9.47 Å². The predicted molar refractivity (Wildman–Crippen MR) is 111 cm³/mol. The topological polar surface area (TPSA) is 94.0 Å². The number of aromatic nitrogens is 1. The first-order valence-electron chi connectivity index (χ1n) is 10.0. The maximum absolute atomic E-state index is 13.4. The maximum atomic E-state index is 13.4. The van der Waals surface area contributed by atoms with Crippen molar-refractivity contribution in [3.8, 4) is 11.5 Å². The highest BCUT2D eigenvalue weighted by atomic mass is 16.7. The monoisotopic (exact) mass is 424 g/mol. The maximum Gasteiger partial charge on any atom is 0.355 e. The predicted octanol–water partition coefficient (Wildman–Crippen LogP) is 3.97. The fourth-order valence-corrected chi connectivity index (χ4v) is 3.63. The van der Waals surface area contributed by atoms with Gasteiger partial charge in [-0.1, -0.05) is 0 Å². The summed E-state index contributed by atoms with van der Waals surface area (Å²) in [5.41, 5.74) is 3.32. The van der Waals surface area contributed by atoms with Crippen LogP contribution in [0.4, 0.5) is 0 Å². The number of esters is 1. The van der Waals surface area contributed by atoms with Crippen molar-refractivity contribution in [1.82, 2.24) is 9.88 Å². The molecule has 3 aromatic rings. The van der Waals surface area contributed by atoms with Gasteiger partial charge in [-0.2, -0.15) is 0 Å². The van der Waals surface area contributed by atoms with Gasteiger partial charge in [0.2, 0.25) is 6.79 Å². The number of H-pyrrole nitrogens is 1. The van der Waals surface area contributed by atoms with Gasteiger partial charge in [-0.05, 0) is 62.2 Å². The second-order valence-electron chi connectivity index (χ2n) is 7.26. The number of nitrogens with zero attached hydrogens (tertiary/aromatic N) is 1. The average molecular weight is 424 g/mol. The van der Waals surface area contributed by atoms with Crippen molar-refractivity contribution in [2.24, 2.45) is 0 Å². The van der Waals surface area contributed by atoms with Crippen LogP contribution in [0.1, 0.15) is 50.4 Å². The zero-order chi connectivity index (χ0) is 22.0. The van der Waals surface area contributed by atoms with E-state index < -0.39 is 5.97 Å². The third kappa shape index (κ3) is 4.14. The molecule has 8 nitrogen and oxygen atoms in total. The van der Waals surface area contributed by atoms with Gasteiger partial charge in [-0.3, -0.25) is 4.79 Å². The molecule has 0 unspecified atom stereocenters. The van der Waals surface area contributed by atoms with Crippen LogP contribution >= 0.6 is 0 Å². The third-order valence-corrected chi connectivity index (χ3v) is 5.25. The highest BCUT2D eigenvalue weighted by Crippen LogP contribution is 2.33. The molecule has 1 aliphatic rings. The number of hydrogen-bond acceptors (Lipinski definition) is 6. The molecule has 0 bridgehead atoms. The fraction of sp³-hybridized carbons (Fsp3) is 0.304. The zero-order valence-corrected chi connectivity index (χ0v) is 17.7. The van der Waals surface area contributed by atoms with Gasteiger partial charge in [0.25, 0.3) is 5.91 Å². The Hall–Kier alpha value is -3.68. The van der Waals surface area contributed by atoms with Gasteiger partial charge in [0, 0.05) is 17.8 Å². The zero-order valence-electron chi connectivity index (χ0n) is 17.7. The summed E-state index contributed by atoms with van der Waals surface area (Å²) >= 11 is 0. The van der Waals surface area contributed by atoms with E-state index in [1.165, 1.54) is 0 Å². The lowest BCUT2D eigenvalue weighted by atomic mass is 10.1. The van der Waals surface area contributed by atoms with Crippen LogP contribution in [0.15, 0.2) is 41.0 Å². The molecule has 1 aromatic carbocycles. The summed E-state index contributed by atoms with van der Waals surface area (Å²) in [6.45, 7) is 6.49. The minimum atomic E-state index is -0.408. The summed E-state index contributed by atoms with van der Waals surface area (Å²) in [6, 6.07) is 8.73. The lowest BCUT2D eigenvalue weighted by Gasteiger charge is -2.22. The van der Waals surface area contributed by atoms with Crippen LogP contribution in [0.5, 0.6) is 11.5 Å². The Morgan fingerprint density at radius 1 is 1.13 bits per heavy atom. The summed E-state index contributed by atoms with van der Waals surface area (Å²) in [5.74, 6) is 1.22. The molecule has 3 heterocycles. The van der Waals surface area contributed by atoms with Crippen molar-refractivity contribution in [2.75, 3.05) is 13.4 Å². The number of ether oxygens (including phenoxy) is 3. The van der Waals surface area contributed by atoms with Crippen molar-refractivity contribution < 1.29 is 28.2 Å². The Labute approximate surface area is 179 Å². The number of nitrogens with one attached hydrogen (secondary N) is 1. The van der Waals surface area contributed by atoms with Gasteiger partial charge in [-0.25, -0.2) is 4.79 Å². The molecule has 0 spiro atoms. The van der Waals surface area contributed by atoms with Crippen LogP contribution in [-0.2, 0) is 17.8 Å². The van der Waals surface area contributed by atoms with Crippen LogP contribution in [0.2, 0.25) is 0 Å². The number of rotatable bonds is 7. The summed E-state index contributed by atoms with van der Waals surface area (Å²) in [6.07, 6.45) is 1.57. The van der Waals surface area contributed by atoms with Crippen molar-refractivity contribution in [3.05, 3.63) is 70.4 Å². The molecule has 162 valence electrons. The molecule has 2 aromatic heterocycles. The molecule has 0 fully saturated rings. The molecule has 0 radical (unpaired) electrons. The second kappa shape index (κ2) is 8.59. The molecular formula is C23H24N2O6. The molecule has 0 saturated heterocycles. The Bertz CT molecular complexity index is 1100. The first-order chi connectivity index (χ1) is 15.0. The number of hydrogen-bond donors (Lipinski definition) is 1. The third-order valence-electron chi connectivity index (χ3n) is 5.25. The SMILES string of the molecule is CCOC(=O)c1[nH]c(C)c(CN(Cc2ccco2)C(=O)c2ccc3c(c2)OCO3)c1C. The standard InChI is InChI=1S/C23H24N2O6/c1-4-28-23(27)21-14(2)18(15(3)24-21)12-25(11-17-6-5-9-29-17)22(26)16-7-8-19-20(10-16)31-13-30-19/h5-10,24H,4,11-13H2,1-3H3. The van der Waals surface area contributed by atoms with Gasteiger partial charge in [0.05, 0.1) is 19.4 Å². The highest BCUT2D eigenvalue weighted by Gasteiger charge is 2.25. The van der Waals surface area contributed by atoms with Gasteiger partial charge in [0.15, 0.2) is 11.5 Å². The molecule has 1 aliphatic heterocycles. The second-order valence-corrected chi connectivity index (χ2v) is 7.26. The van der Waals surface area contributed by atoms with E-state index in [0.29, 0.717) is 41.7 Å². The van der Waals surface area contributed by atoms with E-state index in [1.807, 2.05) is 19.9 Å². The number of furan rings is 1. The van der Waals surface area contributed by atoms with Crippen LogP contribution in [-0.4, -0.2) is 35.2 Å². The van der Waals surface area contributed by atoms with Gasteiger partial charge in [0.1, 0.15) is 11.5 Å².